The van der Waals surface area contributed by atoms with E-state index < -0.39 is 15.9 Å². The van der Waals surface area contributed by atoms with Gasteiger partial charge in [-0.3, -0.25) is 10.1 Å². The van der Waals surface area contributed by atoms with E-state index in [9.17, 15) is 13.2 Å². The fraction of sp³-hybridized carbons (Fsp3) is 0.500. The molecule has 2 aliphatic rings. The summed E-state index contributed by atoms with van der Waals surface area (Å²) in [6.45, 7) is 3.57. The number of carbonyl (C=O) groups is 1. The second-order valence-corrected chi connectivity index (χ2v) is 9.07. The molecule has 9 nitrogen and oxygen atoms in total. The summed E-state index contributed by atoms with van der Waals surface area (Å²) in [6, 6.07) is 4.55. The zero-order chi connectivity index (χ0) is 19.7. The highest BCUT2D eigenvalue weighted by Crippen LogP contribution is 2.24. The topological polar surface area (TPSA) is 120 Å². The number of benzene rings is 1. The number of aromatic nitrogens is 3. The second-order valence-electron chi connectivity index (χ2n) is 7.36. The zero-order valence-electron chi connectivity index (χ0n) is 15.7. The van der Waals surface area contributed by atoms with E-state index in [0.717, 1.165) is 38.8 Å². The summed E-state index contributed by atoms with van der Waals surface area (Å²) in [4.78, 5) is 19.2. The Morgan fingerprint density at radius 2 is 1.96 bits per heavy atom. The molecule has 0 atom stereocenters. The lowest BCUT2D eigenvalue weighted by molar-refractivity contribution is 0.102. The maximum absolute atomic E-state index is 12.7. The fourth-order valence-electron chi connectivity index (χ4n) is 3.22. The number of rotatable bonds is 6. The monoisotopic (exact) mass is 404 g/mol. The normalized spacial score (nSPS) is 17.5. The van der Waals surface area contributed by atoms with Gasteiger partial charge in [0.1, 0.15) is 0 Å². The SMILES string of the molecule is Cc1ccc(S(=O)(=O)NC2CC2)cc1C(=O)Nc1nc(N2CCCCC2)n[nH]1. The van der Waals surface area contributed by atoms with Crippen molar-refractivity contribution in [2.75, 3.05) is 23.3 Å². The van der Waals surface area contributed by atoms with Gasteiger partial charge in [0.15, 0.2) is 0 Å². The van der Waals surface area contributed by atoms with Gasteiger partial charge in [0.05, 0.1) is 4.90 Å². The predicted octanol–water partition coefficient (Wildman–Crippen LogP) is 1.80. The van der Waals surface area contributed by atoms with Crippen LogP contribution in [0.15, 0.2) is 23.1 Å². The highest BCUT2D eigenvalue weighted by Gasteiger charge is 2.28. The van der Waals surface area contributed by atoms with Crippen molar-refractivity contribution in [1.29, 1.82) is 0 Å². The lowest BCUT2D eigenvalue weighted by atomic mass is 10.1. The summed E-state index contributed by atoms with van der Waals surface area (Å²) in [5.41, 5.74) is 0.966. The number of nitrogens with one attached hydrogen (secondary N) is 3. The number of hydrogen-bond donors (Lipinski definition) is 3. The van der Waals surface area contributed by atoms with Crippen LogP contribution >= 0.6 is 0 Å². The summed E-state index contributed by atoms with van der Waals surface area (Å²) in [7, 11) is -3.63. The Labute approximate surface area is 164 Å². The van der Waals surface area contributed by atoms with E-state index in [0.29, 0.717) is 11.5 Å². The van der Waals surface area contributed by atoms with Gasteiger partial charge in [0.2, 0.25) is 21.9 Å². The Morgan fingerprint density at radius 1 is 1.21 bits per heavy atom. The van der Waals surface area contributed by atoms with Gasteiger partial charge in [-0.15, -0.1) is 5.10 Å². The maximum atomic E-state index is 12.7. The van der Waals surface area contributed by atoms with E-state index in [1.807, 2.05) is 0 Å². The Morgan fingerprint density at radius 3 is 2.68 bits per heavy atom. The molecule has 0 unspecified atom stereocenters. The van der Waals surface area contributed by atoms with Gasteiger partial charge >= 0.3 is 0 Å². The molecular weight excluding hydrogens is 380 g/mol. The van der Waals surface area contributed by atoms with Gasteiger partial charge in [-0.2, -0.15) is 4.98 Å². The summed E-state index contributed by atoms with van der Waals surface area (Å²) in [5, 5.41) is 9.59. The number of nitrogens with zero attached hydrogens (tertiary/aromatic N) is 3. The summed E-state index contributed by atoms with van der Waals surface area (Å²) >= 11 is 0. The molecule has 4 rings (SSSR count). The minimum Gasteiger partial charge on any atom is -0.340 e. The van der Waals surface area contributed by atoms with Crippen molar-refractivity contribution in [1.82, 2.24) is 19.9 Å². The quantitative estimate of drug-likeness (QED) is 0.675. The van der Waals surface area contributed by atoms with Crippen molar-refractivity contribution in [3.05, 3.63) is 29.3 Å². The Kier molecular flexibility index (Phi) is 5.07. The number of H-pyrrole nitrogens is 1. The van der Waals surface area contributed by atoms with Crippen molar-refractivity contribution in [3.63, 3.8) is 0 Å². The molecule has 2 aromatic rings. The number of carbonyl (C=O) groups excluding carboxylic acids is 1. The molecule has 1 aliphatic heterocycles. The van der Waals surface area contributed by atoms with Gasteiger partial charge in [0, 0.05) is 24.7 Å². The van der Waals surface area contributed by atoms with Crippen LogP contribution in [0, 0.1) is 6.92 Å². The number of sulfonamides is 1. The minimum atomic E-state index is -3.63. The fourth-order valence-corrected chi connectivity index (χ4v) is 4.55. The molecule has 2 heterocycles. The van der Waals surface area contributed by atoms with Crippen molar-refractivity contribution in [3.8, 4) is 0 Å². The number of anilines is 2. The van der Waals surface area contributed by atoms with Crippen LogP contribution in [0.2, 0.25) is 0 Å². The first-order chi connectivity index (χ1) is 13.4. The third-order valence-electron chi connectivity index (χ3n) is 5.01. The highest BCUT2D eigenvalue weighted by atomic mass is 32.2. The van der Waals surface area contributed by atoms with E-state index in [2.05, 4.69) is 30.1 Å². The van der Waals surface area contributed by atoms with E-state index in [-0.39, 0.29) is 22.4 Å². The number of aryl methyl sites for hydroxylation is 1. The van der Waals surface area contributed by atoms with Gasteiger partial charge < -0.3 is 4.90 Å². The molecule has 2 fully saturated rings. The van der Waals surface area contributed by atoms with Crippen LogP contribution < -0.4 is 14.9 Å². The lowest BCUT2D eigenvalue weighted by Crippen LogP contribution is -2.30. The molecule has 0 bridgehead atoms. The standard InChI is InChI=1S/C18H24N6O3S/c1-12-5-8-14(28(26,27)23-13-6-7-13)11-15(12)16(25)19-17-20-18(22-21-17)24-9-3-2-4-10-24/h5,8,11,13,23H,2-4,6-7,9-10H2,1H3,(H2,19,20,21,22,25). The zero-order valence-corrected chi connectivity index (χ0v) is 16.6. The van der Waals surface area contributed by atoms with Gasteiger partial charge in [-0.1, -0.05) is 6.07 Å². The second kappa shape index (κ2) is 7.51. The highest BCUT2D eigenvalue weighted by molar-refractivity contribution is 7.89. The summed E-state index contributed by atoms with van der Waals surface area (Å²) < 4.78 is 27.5. The minimum absolute atomic E-state index is 0.00554. The number of hydrogen-bond acceptors (Lipinski definition) is 6. The van der Waals surface area contributed by atoms with Crippen molar-refractivity contribution in [2.45, 2.75) is 50.0 Å². The van der Waals surface area contributed by atoms with Crippen LogP contribution in [0.5, 0.6) is 0 Å². The summed E-state index contributed by atoms with van der Waals surface area (Å²) in [6.07, 6.45) is 5.11. The van der Waals surface area contributed by atoms with Crippen LogP contribution in [0.25, 0.3) is 0 Å². The van der Waals surface area contributed by atoms with Gasteiger partial charge in [-0.05, 0) is 56.7 Å². The average molecular weight is 404 g/mol. The van der Waals surface area contributed by atoms with Gasteiger partial charge in [0.25, 0.3) is 5.91 Å². The van der Waals surface area contributed by atoms with Crippen LogP contribution in [-0.2, 0) is 10.0 Å². The number of piperidine rings is 1. The van der Waals surface area contributed by atoms with Crippen LogP contribution in [-0.4, -0.2) is 48.6 Å². The van der Waals surface area contributed by atoms with E-state index in [1.54, 1.807) is 13.0 Å². The first-order valence-corrected chi connectivity index (χ1v) is 11.0. The lowest BCUT2D eigenvalue weighted by Gasteiger charge is -2.24. The molecule has 3 N–H and O–H groups in total. The molecule has 28 heavy (non-hydrogen) atoms. The first kappa shape index (κ1) is 18.9. The van der Waals surface area contributed by atoms with E-state index in [1.165, 1.54) is 18.6 Å². The molecule has 1 saturated carbocycles. The molecule has 0 radical (unpaired) electrons. The van der Waals surface area contributed by atoms with E-state index >= 15 is 0 Å². The molecule has 10 heteroatoms. The largest absolute Gasteiger partial charge is 0.340 e. The Hall–Kier alpha value is -2.46. The Balaban J connectivity index is 1.50. The molecular formula is C18H24N6O3S. The number of aromatic amines is 1. The third-order valence-corrected chi connectivity index (χ3v) is 6.53. The van der Waals surface area contributed by atoms with Crippen molar-refractivity contribution < 1.29 is 13.2 Å². The van der Waals surface area contributed by atoms with Crippen LogP contribution in [0.1, 0.15) is 48.0 Å². The summed E-state index contributed by atoms with van der Waals surface area (Å²) in [5.74, 6) is 0.383. The average Bonchev–Trinajstić information content (AvgIpc) is 3.36. The third kappa shape index (κ3) is 4.17. The predicted molar refractivity (Wildman–Crippen MR) is 105 cm³/mol. The maximum Gasteiger partial charge on any atom is 0.258 e. The molecule has 1 amide bonds. The van der Waals surface area contributed by atoms with Gasteiger partial charge in [-0.25, -0.2) is 18.2 Å². The van der Waals surface area contributed by atoms with E-state index in [4.69, 9.17) is 0 Å². The van der Waals surface area contributed by atoms with Crippen molar-refractivity contribution >= 4 is 27.8 Å². The van der Waals surface area contributed by atoms with Crippen LogP contribution in [0.3, 0.4) is 0 Å². The molecule has 1 aromatic heterocycles. The van der Waals surface area contributed by atoms with Crippen molar-refractivity contribution in [2.24, 2.45) is 0 Å². The van der Waals surface area contributed by atoms with Crippen LogP contribution in [0.4, 0.5) is 11.9 Å². The first-order valence-electron chi connectivity index (χ1n) is 9.54. The number of amides is 1. The molecule has 150 valence electrons. The molecule has 1 saturated heterocycles. The Bertz CT molecular complexity index is 977. The molecule has 0 spiro atoms. The smallest absolute Gasteiger partial charge is 0.258 e. The molecule has 1 aromatic carbocycles. The molecule has 1 aliphatic carbocycles.